The molecule has 1 amide bonds. The van der Waals surface area contributed by atoms with Crippen molar-refractivity contribution in [2.24, 2.45) is 0 Å². The van der Waals surface area contributed by atoms with Crippen LogP contribution in [-0.2, 0) is 15.6 Å². The van der Waals surface area contributed by atoms with E-state index in [0.29, 0.717) is 17.6 Å². The molecule has 1 aliphatic heterocycles. The lowest BCUT2D eigenvalue weighted by Gasteiger charge is -2.40. The monoisotopic (exact) mass is 477 g/mol. The summed E-state index contributed by atoms with van der Waals surface area (Å²) >= 11 is 0. The molecular weight excluding hydrogens is 435 g/mol. The van der Waals surface area contributed by atoms with Gasteiger partial charge in [-0.3, -0.25) is 0 Å². The third kappa shape index (κ3) is 5.69. The van der Waals surface area contributed by atoms with E-state index in [2.05, 4.69) is 38.8 Å². The highest BCUT2D eigenvalue weighted by molar-refractivity contribution is 6.74. The van der Waals surface area contributed by atoms with Crippen molar-refractivity contribution < 1.29 is 22.8 Å². The average molecular weight is 478 g/mol. The number of quaternary nitrogens is 1. The second kappa shape index (κ2) is 9.15. The number of carbonyl (C=O) groups is 1. The fourth-order valence-corrected chi connectivity index (χ4v) is 5.59. The third-order valence-corrected chi connectivity index (χ3v) is 12.0. The Morgan fingerprint density at radius 1 is 1.21 bits per heavy atom. The Morgan fingerprint density at radius 3 is 2.55 bits per heavy atom. The predicted molar refractivity (Wildman–Crippen MR) is 134 cm³/mol. The Hall–Kier alpha value is -1.70. The van der Waals surface area contributed by atoms with E-state index in [1.165, 1.54) is 12.1 Å². The number of hydrogen-bond acceptors (Lipinski definition) is 3. The number of carbonyl (C=O) groups excluding carboxylic acids is 1. The summed E-state index contributed by atoms with van der Waals surface area (Å²) in [5.41, 5.74) is 1.36. The van der Waals surface area contributed by atoms with Crippen LogP contribution in [-0.4, -0.2) is 55.2 Å². The summed E-state index contributed by atoms with van der Waals surface area (Å²) in [6.07, 6.45) is 4.46. The fraction of sp³-hybridized carbons (Fsp3) is 0.654. The zero-order chi connectivity index (χ0) is 24.7. The zero-order valence-electron chi connectivity index (χ0n) is 21.7. The van der Waals surface area contributed by atoms with Gasteiger partial charge in [0.25, 0.3) is 0 Å². The normalized spacial score (nSPS) is 22.2. The molecule has 1 N–H and O–H groups in total. The van der Waals surface area contributed by atoms with Crippen molar-refractivity contribution in [1.29, 1.82) is 0 Å². The Labute approximate surface area is 199 Å². The summed E-state index contributed by atoms with van der Waals surface area (Å²) in [4.78, 5) is 16.8. The number of ether oxygens (including phenoxy) is 1. The van der Waals surface area contributed by atoms with Crippen molar-refractivity contribution in [1.82, 2.24) is 4.98 Å². The van der Waals surface area contributed by atoms with Gasteiger partial charge in [0.2, 0.25) is 0 Å². The summed E-state index contributed by atoms with van der Waals surface area (Å²) in [5, 5.41) is 1.14. The second-order valence-electron chi connectivity index (χ2n) is 12.1. The highest BCUT2D eigenvalue weighted by Gasteiger charge is 2.51. The molecule has 0 saturated carbocycles. The molecule has 2 aromatic rings. The number of H-pyrrole nitrogens is 1. The summed E-state index contributed by atoms with van der Waals surface area (Å²) < 4.78 is 26.4. The van der Waals surface area contributed by atoms with Crippen LogP contribution in [0.25, 0.3) is 10.9 Å². The fourth-order valence-electron chi connectivity index (χ4n) is 4.56. The summed E-state index contributed by atoms with van der Waals surface area (Å²) in [7, 11) is -1.92. The standard InChI is InChI=1S/C26H42FN2O3Si/c1-25(2,3)32-24(30)29(14-15-31-33(7,8)26(4,5)6)13-9-10-21(29)16-19-18-28-23-17-20(27)11-12-22(19)23/h11-12,17-18,21,28H,9-10,13-16H2,1-8H3/q+1. The first kappa shape index (κ1) is 25.9. The van der Waals surface area contributed by atoms with Gasteiger partial charge >= 0.3 is 6.09 Å². The van der Waals surface area contributed by atoms with Gasteiger partial charge < -0.3 is 14.1 Å². The molecule has 0 bridgehead atoms. The Balaban J connectivity index is 1.87. The SMILES string of the molecule is CC(C)(C)OC(=O)[N+]1(CCO[Si](C)(C)C(C)(C)C)CCCC1Cc1c[nH]c2cc(F)ccc12. The lowest BCUT2D eigenvalue weighted by Crippen LogP contribution is -2.60. The van der Waals surface area contributed by atoms with Gasteiger partial charge in [-0.1, -0.05) is 20.8 Å². The van der Waals surface area contributed by atoms with Crippen LogP contribution in [0.4, 0.5) is 9.18 Å². The molecule has 7 heteroatoms. The number of rotatable bonds is 6. The van der Waals surface area contributed by atoms with Gasteiger partial charge in [-0.2, -0.15) is 4.79 Å². The molecule has 1 aromatic carbocycles. The minimum Gasteiger partial charge on any atom is -0.414 e. The largest absolute Gasteiger partial charge is 0.516 e. The van der Waals surface area contributed by atoms with Gasteiger partial charge in [0, 0.05) is 36.4 Å². The summed E-state index contributed by atoms with van der Waals surface area (Å²) in [6, 6.07) is 4.95. The van der Waals surface area contributed by atoms with E-state index in [-0.39, 0.29) is 23.0 Å². The number of nitrogens with zero attached hydrogens (tertiary/aromatic N) is 1. The number of benzene rings is 1. The maximum Gasteiger partial charge on any atom is 0.516 e. The molecule has 2 atom stereocenters. The van der Waals surface area contributed by atoms with Crippen LogP contribution in [0.2, 0.25) is 18.1 Å². The molecule has 3 rings (SSSR count). The number of aromatic nitrogens is 1. The maximum absolute atomic E-state index is 13.7. The van der Waals surface area contributed by atoms with E-state index in [9.17, 15) is 9.18 Å². The first-order chi connectivity index (χ1) is 15.1. The highest BCUT2D eigenvalue weighted by atomic mass is 28.4. The first-order valence-corrected chi connectivity index (χ1v) is 15.1. The minimum absolute atomic E-state index is 0.104. The van der Waals surface area contributed by atoms with Crippen LogP contribution in [0.1, 0.15) is 59.9 Å². The van der Waals surface area contributed by atoms with Gasteiger partial charge in [-0.25, -0.2) is 8.87 Å². The number of nitrogens with one attached hydrogen (secondary N) is 1. The van der Waals surface area contributed by atoms with Crippen LogP contribution in [0.5, 0.6) is 0 Å². The number of fused-ring (bicyclic) bond motifs is 1. The number of halogens is 1. The molecule has 5 nitrogen and oxygen atoms in total. The van der Waals surface area contributed by atoms with E-state index < -0.39 is 13.9 Å². The molecule has 2 unspecified atom stereocenters. The van der Waals surface area contributed by atoms with E-state index in [1.54, 1.807) is 0 Å². The maximum atomic E-state index is 13.7. The van der Waals surface area contributed by atoms with Crippen molar-refractivity contribution in [2.45, 2.75) is 90.6 Å². The molecular formula is C26H42FN2O3Si+. The van der Waals surface area contributed by atoms with Crippen molar-refractivity contribution in [3.63, 3.8) is 0 Å². The molecule has 0 spiro atoms. The van der Waals surface area contributed by atoms with Crippen LogP contribution < -0.4 is 0 Å². The van der Waals surface area contributed by atoms with Gasteiger partial charge in [0.15, 0.2) is 8.32 Å². The van der Waals surface area contributed by atoms with Crippen molar-refractivity contribution >= 4 is 25.3 Å². The van der Waals surface area contributed by atoms with E-state index >= 15 is 0 Å². The average Bonchev–Trinajstić information content (AvgIpc) is 3.24. The van der Waals surface area contributed by atoms with Gasteiger partial charge in [0.1, 0.15) is 24.0 Å². The summed E-state index contributed by atoms with van der Waals surface area (Å²) in [5.74, 6) is -0.251. The molecule has 1 saturated heterocycles. The van der Waals surface area contributed by atoms with Crippen LogP contribution >= 0.6 is 0 Å². The Kier molecular flexibility index (Phi) is 7.19. The van der Waals surface area contributed by atoms with Crippen molar-refractivity contribution in [3.8, 4) is 0 Å². The molecule has 1 fully saturated rings. The number of likely N-dealkylation sites (tertiary alicyclic amines) is 1. The molecule has 2 heterocycles. The highest BCUT2D eigenvalue weighted by Crippen LogP contribution is 2.38. The van der Waals surface area contributed by atoms with Crippen LogP contribution in [0.3, 0.4) is 0 Å². The van der Waals surface area contributed by atoms with E-state index in [4.69, 9.17) is 9.16 Å². The van der Waals surface area contributed by atoms with E-state index in [1.807, 2.05) is 33.0 Å². The lowest BCUT2D eigenvalue weighted by atomic mass is 10.0. The molecule has 1 aromatic heterocycles. The predicted octanol–water partition coefficient (Wildman–Crippen LogP) is 6.79. The number of amides is 1. The van der Waals surface area contributed by atoms with Gasteiger partial charge in [-0.05, 0) is 62.7 Å². The van der Waals surface area contributed by atoms with E-state index in [0.717, 1.165) is 42.3 Å². The molecule has 0 aliphatic carbocycles. The summed E-state index contributed by atoms with van der Waals surface area (Å²) in [6.45, 7) is 18.9. The van der Waals surface area contributed by atoms with Crippen molar-refractivity contribution in [3.05, 3.63) is 35.8 Å². The molecule has 184 valence electrons. The second-order valence-corrected chi connectivity index (χ2v) is 16.9. The molecule has 33 heavy (non-hydrogen) atoms. The number of aromatic amines is 1. The first-order valence-electron chi connectivity index (χ1n) is 12.1. The lowest BCUT2D eigenvalue weighted by molar-refractivity contribution is -0.870. The number of hydrogen-bond donors (Lipinski definition) is 1. The minimum atomic E-state index is -1.92. The zero-order valence-corrected chi connectivity index (χ0v) is 22.7. The van der Waals surface area contributed by atoms with Crippen LogP contribution in [0.15, 0.2) is 24.4 Å². The Bertz CT molecular complexity index is 990. The van der Waals surface area contributed by atoms with Gasteiger partial charge in [0.05, 0.1) is 13.2 Å². The third-order valence-electron chi connectivity index (χ3n) is 7.49. The molecule has 0 radical (unpaired) electrons. The van der Waals surface area contributed by atoms with Crippen LogP contribution in [0, 0.1) is 5.82 Å². The molecule has 1 aliphatic rings. The van der Waals surface area contributed by atoms with Gasteiger partial charge in [-0.15, -0.1) is 0 Å². The quantitative estimate of drug-likeness (QED) is 0.368. The van der Waals surface area contributed by atoms with Crippen molar-refractivity contribution in [2.75, 3.05) is 19.7 Å². The Morgan fingerprint density at radius 2 is 1.91 bits per heavy atom. The smallest absolute Gasteiger partial charge is 0.414 e. The topological polar surface area (TPSA) is 51.3 Å².